The number of piperazine rings is 1. The first kappa shape index (κ1) is 22.8. The van der Waals surface area contributed by atoms with Gasteiger partial charge in [-0.05, 0) is 57.5 Å². The van der Waals surface area contributed by atoms with E-state index in [1.165, 1.54) is 12.1 Å². The average Bonchev–Trinajstić information content (AvgIpc) is 3.48. The smallest absolute Gasteiger partial charge is 0.232 e. The van der Waals surface area contributed by atoms with E-state index in [1.54, 1.807) is 12.1 Å². The minimum atomic E-state index is -0.282. The zero-order chi connectivity index (χ0) is 22.7. The second-order valence-electron chi connectivity index (χ2n) is 9.32. The fourth-order valence-corrected chi connectivity index (χ4v) is 4.78. The fraction of sp³-hybridized carbons (Fsp3) is 0.600. The topological polar surface area (TPSA) is 52.8 Å². The number of halogens is 1. The Kier molecular flexibility index (Phi) is 7.13. The molecule has 2 fully saturated rings. The molecule has 2 heterocycles. The second kappa shape index (κ2) is 10.0. The van der Waals surface area contributed by atoms with Gasteiger partial charge in [-0.2, -0.15) is 0 Å². The van der Waals surface area contributed by atoms with E-state index >= 15 is 0 Å². The van der Waals surface area contributed by atoms with E-state index in [9.17, 15) is 9.18 Å². The molecule has 1 amide bonds. The molecule has 1 aromatic heterocycles. The molecule has 4 rings (SSSR count). The molecule has 0 bridgehead atoms. The van der Waals surface area contributed by atoms with Crippen LogP contribution in [0.5, 0.6) is 0 Å². The van der Waals surface area contributed by atoms with E-state index in [0.29, 0.717) is 12.2 Å². The number of nitrogens with zero attached hydrogens (tertiary/aromatic N) is 4. The molecule has 174 valence electrons. The summed E-state index contributed by atoms with van der Waals surface area (Å²) in [5.41, 5.74) is 2.43. The Morgan fingerprint density at radius 1 is 1.19 bits per heavy atom. The summed E-state index contributed by atoms with van der Waals surface area (Å²) in [7, 11) is 2.12. The maximum Gasteiger partial charge on any atom is 0.232 e. The van der Waals surface area contributed by atoms with Gasteiger partial charge in [0.15, 0.2) is 0 Å². The highest BCUT2D eigenvalue weighted by Gasteiger charge is 2.33. The molecule has 2 aliphatic rings. The molecule has 1 atom stereocenters. The van der Waals surface area contributed by atoms with Gasteiger partial charge in [0.1, 0.15) is 11.5 Å². The van der Waals surface area contributed by atoms with Crippen LogP contribution in [-0.4, -0.2) is 60.1 Å². The number of rotatable bonds is 7. The number of hydrogen-bond donors (Lipinski definition) is 0. The second-order valence-corrected chi connectivity index (χ2v) is 9.32. The van der Waals surface area contributed by atoms with E-state index in [2.05, 4.69) is 35.9 Å². The molecule has 0 unspecified atom stereocenters. The third-order valence-electron chi connectivity index (χ3n) is 7.11. The van der Waals surface area contributed by atoms with Gasteiger partial charge in [-0.25, -0.2) is 4.39 Å². The Bertz CT molecular complexity index is 899. The van der Waals surface area contributed by atoms with Crippen LogP contribution in [0.3, 0.4) is 0 Å². The minimum Gasteiger partial charge on any atom is -0.338 e. The highest BCUT2D eigenvalue weighted by molar-refractivity contribution is 5.80. The molecule has 2 aromatic rings. The first-order valence-electron chi connectivity index (χ1n) is 12.0. The predicted molar refractivity (Wildman–Crippen MR) is 124 cm³/mol. The Hall–Kier alpha value is -2.41. The molecule has 6 nitrogen and oxygen atoms in total. The monoisotopic (exact) mass is 442 g/mol. The van der Waals surface area contributed by atoms with E-state index in [0.717, 1.165) is 75.3 Å². The van der Waals surface area contributed by atoms with Crippen molar-refractivity contribution in [2.75, 3.05) is 38.1 Å². The van der Waals surface area contributed by atoms with Crippen LogP contribution in [-0.2, 0) is 11.3 Å². The maximum absolute atomic E-state index is 13.6. The Morgan fingerprint density at radius 3 is 2.47 bits per heavy atom. The molecule has 1 saturated carbocycles. The van der Waals surface area contributed by atoms with Crippen molar-refractivity contribution < 1.29 is 13.7 Å². The molecule has 0 N–H and O–H groups in total. The number of aromatic nitrogens is 1. The van der Waals surface area contributed by atoms with E-state index in [-0.39, 0.29) is 23.7 Å². The van der Waals surface area contributed by atoms with Crippen LogP contribution < -0.4 is 4.90 Å². The molecular formula is C25H35FN4O2. The van der Waals surface area contributed by atoms with Gasteiger partial charge in [-0.15, -0.1) is 0 Å². The number of amides is 1. The molecule has 7 heteroatoms. The lowest BCUT2D eigenvalue weighted by Crippen LogP contribution is -2.45. The molecule has 1 aliphatic heterocycles. The Balaban J connectivity index is 1.70. The van der Waals surface area contributed by atoms with Gasteiger partial charge in [0.25, 0.3) is 0 Å². The zero-order valence-corrected chi connectivity index (χ0v) is 19.5. The van der Waals surface area contributed by atoms with Crippen LogP contribution in [0.2, 0.25) is 0 Å². The SMILES string of the molecule is CC[C@@H](C)N(Cc1c(-c2ccc(F)cc2)noc1N1CCN(C)CC1)C(=O)C1CCCC1. The number of benzene rings is 1. The number of anilines is 1. The van der Waals surface area contributed by atoms with Crippen molar-refractivity contribution in [3.05, 3.63) is 35.6 Å². The van der Waals surface area contributed by atoms with Gasteiger partial charge in [0, 0.05) is 43.7 Å². The summed E-state index contributed by atoms with van der Waals surface area (Å²) >= 11 is 0. The van der Waals surface area contributed by atoms with Gasteiger partial charge in [-0.1, -0.05) is 24.9 Å². The summed E-state index contributed by atoms with van der Waals surface area (Å²) < 4.78 is 19.5. The largest absolute Gasteiger partial charge is 0.338 e. The minimum absolute atomic E-state index is 0.116. The number of carbonyl (C=O) groups excluding carboxylic acids is 1. The third kappa shape index (κ3) is 4.82. The van der Waals surface area contributed by atoms with Crippen LogP contribution in [0.1, 0.15) is 51.5 Å². The van der Waals surface area contributed by atoms with E-state index in [4.69, 9.17) is 4.52 Å². The molecule has 0 spiro atoms. The molecular weight excluding hydrogens is 407 g/mol. The van der Waals surface area contributed by atoms with Crippen LogP contribution in [0.15, 0.2) is 28.8 Å². The van der Waals surface area contributed by atoms with Gasteiger partial charge in [-0.3, -0.25) is 4.79 Å². The highest BCUT2D eigenvalue weighted by Crippen LogP contribution is 2.35. The van der Waals surface area contributed by atoms with Crippen LogP contribution in [0.25, 0.3) is 11.3 Å². The van der Waals surface area contributed by atoms with Crippen molar-refractivity contribution >= 4 is 11.8 Å². The van der Waals surface area contributed by atoms with Crippen molar-refractivity contribution in [2.24, 2.45) is 5.92 Å². The summed E-state index contributed by atoms with van der Waals surface area (Å²) in [5.74, 6) is 0.818. The molecule has 32 heavy (non-hydrogen) atoms. The lowest BCUT2D eigenvalue weighted by Gasteiger charge is -2.34. The Morgan fingerprint density at radius 2 is 1.84 bits per heavy atom. The standard InChI is InChI=1S/C25H35FN4O2/c1-4-18(2)30(24(31)20-7-5-6-8-20)17-22-23(19-9-11-21(26)12-10-19)27-32-25(22)29-15-13-28(3)14-16-29/h9-12,18,20H,4-8,13-17H2,1-3H3/t18-/m1/s1. The van der Waals surface area contributed by atoms with Crippen molar-refractivity contribution in [1.82, 2.24) is 15.0 Å². The normalized spacial score (nSPS) is 18.8. The van der Waals surface area contributed by atoms with Crippen LogP contribution in [0, 0.1) is 11.7 Å². The lowest BCUT2D eigenvalue weighted by atomic mass is 10.0. The first-order valence-corrected chi connectivity index (χ1v) is 12.0. The quantitative estimate of drug-likeness (QED) is 0.630. The van der Waals surface area contributed by atoms with E-state index in [1.807, 2.05) is 4.90 Å². The van der Waals surface area contributed by atoms with Crippen molar-refractivity contribution in [3.63, 3.8) is 0 Å². The highest BCUT2D eigenvalue weighted by atomic mass is 19.1. The van der Waals surface area contributed by atoms with Crippen LogP contribution >= 0.6 is 0 Å². The van der Waals surface area contributed by atoms with Crippen molar-refractivity contribution in [1.29, 1.82) is 0 Å². The predicted octanol–water partition coefficient (Wildman–Crippen LogP) is 4.55. The summed E-state index contributed by atoms with van der Waals surface area (Å²) in [6.07, 6.45) is 5.10. The van der Waals surface area contributed by atoms with Crippen molar-refractivity contribution in [2.45, 2.75) is 58.5 Å². The average molecular weight is 443 g/mol. The fourth-order valence-electron chi connectivity index (χ4n) is 4.78. The number of likely N-dealkylation sites (N-methyl/N-ethyl adjacent to an activating group) is 1. The number of hydrogen-bond acceptors (Lipinski definition) is 5. The summed E-state index contributed by atoms with van der Waals surface area (Å²) in [5, 5.41) is 4.41. The van der Waals surface area contributed by atoms with Gasteiger partial charge < -0.3 is 19.2 Å². The summed E-state index contributed by atoms with van der Waals surface area (Å²) in [6, 6.07) is 6.48. The van der Waals surface area contributed by atoms with Crippen LogP contribution in [0.4, 0.5) is 10.3 Å². The Labute approximate surface area is 190 Å². The first-order chi connectivity index (χ1) is 15.5. The van der Waals surface area contributed by atoms with Gasteiger partial charge in [0.2, 0.25) is 11.8 Å². The summed E-state index contributed by atoms with van der Waals surface area (Å²) in [4.78, 5) is 20.0. The van der Waals surface area contributed by atoms with Gasteiger partial charge in [0.05, 0.1) is 12.1 Å². The van der Waals surface area contributed by atoms with E-state index < -0.39 is 0 Å². The molecule has 1 saturated heterocycles. The lowest BCUT2D eigenvalue weighted by molar-refractivity contribution is -0.138. The van der Waals surface area contributed by atoms with Gasteiger partial charge >= 0.3 is 0 Å². The maximum atomic E-state index is 13.6. The number of carbonyl (C=O) groups is 1. The molecule has 1 aliphatic carbocycles. The van der Waals surface area contributed by atoms with Crippen molar-refractivity contribution in [3.8, 4) is 11.3 Å². The zero-order valence-electron chi connectivity index (χ0n) is 19.5. The summed E-state index contributed by atoms with van der Waals surface area (Å²) in [6.45, 7) is 8.29. The molecule has 1 aromatic carbocycles. The third-order valence-corrected chi connectivity index (χ3v) is 7.11. The molecule has 0 radical (unpaired) electrons.